The Labute approximate surface area is 190 Å². The van der Waals surface area contributed by atoms with Crippen LogP contribution in [0.2, 0.25) is 0 Å². The Balaban J connectivity index is 1.36. The minimum absolute atomic E-state index is 0.0591. The molecule has 1 saturated heterocycles. The first kappa shape index (κ1) is 21.9. The van der Waals surface area contributed by atoms with Gasteiger partial charge in [-0.25, -0.2) is 4.98 Å². The van der Waals surface area contributed by atoms with E-state index in [1.165, 1.54) is 11.1 Å². The number of carbonyl (C=O) groups is 1. The molecule has 4 heterocycles. The Morgan fingerprint density at radius 3 is 2.71 bits per heavy atom. The van der Waals surface area contributed by atoms with Gasteiger partial charge >= 0.3 is 6.18 Å². The molecular weight excluding hydrogens is 453 g/mol. The molecule has 4 aromatic rings. The fraction of sp³-hybridized carbons (Fsp3) is 0.273. The van der Waals surface area contributed by atoms with Crippen LogP contribution in [0, 0.1) is 13.8 Å². The molecule has 34 heavy (non-hydrogen) atoms. The molecule has 0 unspecified atom stereocenters. The highest BCUT2D eigenvalue weighted by Crippen LogP contribution is 2.39. The Morgan fingerprint density at radius 1 is 1.21 bits per heavy atom. The summed E-state index contributed by atoms with van der Waals surface area (Å²) in [6.45, 7) is 2.37. The van der Waals surface area contributed by atoms with Gasteiger partial charge in [-0.3, -0.25) is 9.20 Å². The third kappa shape index (κ3) is 3.65. The summed E-state index contributed by atoms with van der Waals surface area (Å²) >= 11 is 0. The van der Waals surface area contributed by atoms with Crippen LogP contribution in [0.4, 0.5) is 24.8 Å². The molecule has 9 nitrogen and oxygen atoms in total. The third-order valence-corrected chi connectivity index (χ3v) is 5.75. The van der Waals surface area contributed by atoms with Crippen LogP contribution in [0.15, 0.2) is 47.2 Å². The van der Waals surface area contributed by atoms with E-state index < -0.39 is 24.9 Å². The molecule has 0 radical (unpaired) electrons. The minimum Gasteiger partial charge on any atom is -0.378 e. The van der Waals surface area contributed by atoms with Crippen molar-refractivity contribution in [1.82, 2.24) is 19.5 Å². The van der Waals surface area contributed by atoms with Crippen LogP contribution in [0.1, 0.15) is 21.6 Å². The number of rotatable bonds is 4. The highest BCUT2D eigenvalue weighted by atomic mass is 19.4. The van der Waals surface area contributed by atoms with Crippen molar-refractivity contribution in [2.24, 2.45) is 0 Å². The Morgan fingerprint density at radius 2 is 1.97 bits per heavy atom. The van der Waals surface area contributed by atoms with Crippen molar-refractivity contribution in [3.05, 3.63) is 59.5 Å². The second kappa shape index (κ2) is 7.55. The predicted molar refractivity (Wildman–Crippen MR) is 116 cm³/mol. The Bertz CT molecular complexity index is 1400. The van der Waals surface area contributed by atoms with Gasteiger partial charge in [0.1, 0.15) is 11.3 Å². The first-order chi connectivity index (χ1) is 16.0. The lowest BCUT2D eigenvalue weighted by molar-refractivity contribution is -0.267. The molecule has 0 aliphatic carbocycles. The topological polar surface area (TPSA) is 109 Å². The number of nitrogens with zero attached hydrogens (tertiary/aromatic N) is 5. The van der Waals surface area contributed by atoms with Gasteiger partial charge in [-0.1, -0.05) is 12.1 Å². The number of hydrogen-bond donors (Lipinski definition) is 2. The van der Waals surface area contributed by atoms with Crippen LogP contribution in [-0.4, -0.2) is 55.4 Å². The normalized spacial score (nSPS) is 15.4. The highest BCUT2D eigenvalue weighted by molar-refractivity contribution is 6.04. The van der Waals surface area contributed by atoms with Crippen LogP contribution in [0.3, 0.4) is 0 Å². The van der Waals surface area contributed by atoms with E-state index in [2.05, 4.69) is 20.4 Å². The number of amides is 1. The second-order valence-corrected chi connectivity index (χ2v) is 8.35. The lowest BCUT2D eigenvalue weighted by atomic mass is 9.94. The molecular formula is C22H19F3N6O3. The molecule has 1 fully saturated rings. The molecule has 176 valence electrons. The number of carbonyl (C=O) groups excluding carboxylic acids is 1. The van der Waals surface area contributed by atoms with Gasteiger partial charge < -0.3 is 19.8 Å². The Kier molecular flexibility index (Phi) is 4.86. The largest absolute Gasteiger partial charge is 0.420 e. The molecule has 0 spiro atoms. The first-order valence-electron chi connectivity index (χ1n) is 10.3. The van der Waals surface area contributed by atoms with Gasteiger partial charge in [0, 0.05) is 17.4 Å². The summed E-state index contributed by atoms with van der Waals surface area (Å²) in [6.07, 6.45) is -1.43. The van der Waals surface area contributed by atoms with E-state index in [0.717, 1.165) is 11.1 Å². The van der Waals surface area contributed by atoms with Gasteiger partial charge in [0.05, 0.1) is 19.3 Å². The summed E-state index contributed by atoms with van der Waals surface area (Å²) < 4.78 is 45.5. The molecule has 0 bridgehead atoms. The van der Waals surface area contributed by atoms with Gasteiger partial charge in [0.15, 0.2) is 5.60 Å². The second-order valence-electron chi connectivity index (χ2n) is 8.35. The van der Waals surface area contributed by atoms with Crippen molar-refractivity contribution in [2.45, 2.75) is 25.6 Å². The fourth-order valence-corrected chi connectivity index (χ4v) is 3.70. The summed E-state index contributed by atoms with van der Waals surface area (Å²) in [5, 5.41) is 16.2. The molecule has 0 saturated carbocycles. The standard InChI is InChI=1S/C22H19F3N6O3/c1-12-3-6-17-26-8-16(31(17)9-12)18(32)27-15-7-14(5-4-13(15)2)19-28-20(29-34-19)30-10-21(33,11-30)22(23,24)25/h3-9,33H,10-11H2,1-2H3,(H,27,32). The monoisotopic (exact) mass is 472 g/mol. The van der Waals surface area contributed by atoms with Crippen LogP contribution in [0.5, 0.6) is 0 Å². The maximum atomic E-state index is 12.9. The van der Waals surface area contributed by atoms with Gasteiger partial charge in [-0.15, -0.1) is 0 Å². The van der Waals surface area contributed by atoms with Crippen molar-refractivity contribution in [3.63, 3.8) is 0 Å². The van der Waals surface area contributed by atoms with Crippen LogP contribution in [-0.2, 0) is 0 Å². The fourth-order valence-electron chi connectivity index (χ4n) is 3.70. The van der Waals surface area contributed by atoms with E-state index in [1.54, 1.807) is 22.6 Å². The van der Waals surface area contributed by atoms with Crippen molar-refractivity contribution in [3.8, 4) is 11.5 Å². The summed E-state index contributed by atoms with van der Waals surface area (Å²) in [5.41, 5.74) is 0.938. The lowest BCUT2D eigenvalue weighted by Crippen LogP contribution is -2.69. The van der Waals surface area contributed by atoms with Gasteiger partial charge in [0.25, 0.3) is 17.7 Å². The molecule has 1 aromatic carbocycles. The molecule has 1 amide bonds. The summed E-state index contributed by atoms with van der Waals surface area (Å²) in [5.74, 6) is -0.355. The number of aryl methyl sites for hydroxylation is 2. The van der Waals surface area contributed by atoms with Crippen molar-refractivity contribution in [2.75, 3.05) is 23.3 Å². The molecule has 2 N–H and O–H groups in total. The number of halogens is 3. The first-order valence-corrected chi connectivity index (χ1v) is 10.3. The molecule has 5 rings (SSSR count). The van der Waals surface area contributed by atoms with E-state index in [-0.39, 0.29) is 17.7 Å². The number of fused-ring (bicyclic) bond motifs is 1. The van der Waals surface area contributed by atoms with Gasteiger partial charge in [0.2, 0.25) is 0 Å². The molecule has 1 aliphatic heterocycles. The molecule has 3 aromatic heterocycles. The Hall–Kier alpha value is -3.93. The number of alkyl halides is 3. The zero-order chi connectivity index (χ0) is 24.3. The van der Waals surface area contributed by atoms with Crippen LogP contribution in [0.25, 0.3) is 17.1 Å². The zero-order valence-corrected chi connectivity index (χ0v) is 18.1. The van der Waals surface area contributed by atoms with E-state index in [0.29, 0.717) is 22.6 Å². The smallest absolute Gasteiger partial charge is 0.378 e. The SMILES string of the molecule is Cc1ccc2ncc(C(=O)Nc3cc(-c4nc(N5CC(O)(C(F)(F)F)C5)no4)ccc3C)n2c1. The number of nitrogens with one attached hydrogen (secondary N) is 1. The van der Waals surface area contributed by atoms with E-state index in [9.17, 15) is 23.1 Å². The molecule has 12 heteroatoms. The number of imidazole rings is 1. The number of β-amino-alcohol motifs (C(OH)–C–C–N with tert-alkyl or cyclic N) is 1. The maximum absolute atomic E-state index is 12.9. The lowest BCUT2D eigenvalue weighted by Gasteiger charge is -2.46. The van der Waals surface area contributed by atoms with Crippen molar-refractivity contribution in [1.29, 1.82) is 0 Å². The van der Waals surface area contributed by atoms with Crippen molar-refractivity contribution >= 4 is 23.2 Å². The molecule has 1 aliphatic rings. The van der Waals surface area contributed by atoms with E-state index in [4.69, 9.17) is 4.52 Å². The average molecular weight is 472 g/mol. The number of benzene rings is 1. The zero-order valence-electron chi connectivity index (χ0n) is 18.1. The quantitative estimate of drug-likeness (QED) is 0.469. The van der Waals surface area contributed by atoms with E-state index in [1.807, 2.05) is 32.2 Å². The summed E-state index contributed by atoms with van der Waals surface area (Å²) in [4.78, 5) is 22.5. The highest BCUT2D eigenvalue weighted by Gasteiger charge is 2.61. The third-order valence-electron chi connectivity index (χ3n) is 5.75. The van der Waals surface area contributed by atoms with E-state index >= 15 is 0 Å². The summed E-state index contributed by atoms with van der Waals surface area (Å²) in [7, 11) is 0. The van der Waals surface area contributed by atoms with Gasteiger partial charge in [-0.05, 0) is 48.3 Å². The molecule has 0 atom stereocenters. The van der Waals surface area contributed by atoms with Gasteiger partial charge in [-0.2, -0.15) is 18.2 Å². The van der Waals surface area contributed by atoms with Crippen LogP contribution < -0.4 is 10.2 Å². The van der Waals surface area contributed by atoms with Crippen LogP contribution >= 0.6 is 0 Å². The number of aliphatic hydroxyl groups is 1. The average Bonchev–Trinajstić information content (AvgIpc) is 3.39. The summed E-state index contributed by atoms with van der Waals surface area (Å²) in [6, 6.07) is 8.81. The minimum atomic E-state index is -4.74. The number of hydrogen-bond acceptors (Lipinski definition) is 7. The van der Waals surface area contributed by atoms with Crippen molar-refractivity contribution < 1.29 is 27.6 Å². The maximum Gasteiger partial charge on any atom is 0.420 e. The number of anilines is 2. The predicted octanol–water partition coefficient (Wildman–Crippen LogP) is 3.37. The number of aromatic nitrogens is 4. The number of pyridine rings is 1.